The lowest BCUT2D eigenvalue weighted by Gasteiger charge is -2.04. The molecule has 18 heavy (non-hydrogen) atoms. The first-order valence-corrected chi connectivity index (χ1v) is 5.27. The van der Waals surface area contributed by atoms with Crippen LogP contribution in [0.3, 0.4) is 0 Å². The average Bonchev–Trinajstić information content (AvgIpc) is 2.32. The van der Waals surface area contributed by atoms with Crippen molar-refractivity contribution < 1.29 is 8.78 Å². The van der Waals surface area contributed by atoms with Gasteiger partial charge in [-0.2, -0.15) is 5.26 Å². The van der Waals surface area contributed by atoms with E-state index in [0.717, 1.165) is 12.1 Å². The normalized spacial score (nSPS) is 10.1. The Morgan fingerprint density at radius 2 is 1.94 bits per heavy atom. The van der Waals surface area contributed by atoms with E-state index in [-0.39, 0.29) is 6.42 Å². The van der Waals surface area contributed by atoms with E-state index in [1.54, 1.807) is 13.0 Å². The summed E-state index contributed by atoms with van der Waals surface area (Å²) in [6.07, 6.45) is 0.0817. The fraction of sp³-hybridized carbons (Fsp3) is 0.154. The third-order valence-corrected chi connectivity index (χ3v) is 2.35. The molecule has 0 aliphatic carbocycles. The van der Waals surface area contributed by atoms with E-state index in [2.05, 4.69) is 9.97 Å². The lowest BCUT2D eigenvalue weighted by Crippen LogP contribution is -1.98. The van der Waals surface area contributed by atoms with Gasteiger partial charge in [0.15, 0.2) is 11.6 Å². The van der Waals surface area contributed by atoms with Crippen molar-refractivity contribution in [2.24, 2.45) is 0 Å². The lowest BCUT2D eigenvalue weighted by molar-refractivity contribution is 0.509. The highest BCUT2D eigenvalue weighted by Gasteiger charge is 2.08. The fourth-order valence-electron chi connectivity index (χ4n) is 1.58. The third kappa shape index (κ3) is 2.48. The zero-order chi connectivity index (χ0) is 13.1. The van der Waals surface area contributed by atoms with Gasteiger partial charge < -0.3 is 0 Å². The Morgan fingerprint density at radius 1 is 1.17 bits per heavy atom. The second-order valence-corrected chi connectivity index (χ2v) is 3.77. The fourth-order valence-corrected chi connectivity index (χ4v) is 1.58. The van der Waals surface area contributed by atoms with Crippen LogP contribution in [0.4, 0.5) is 8.78 Å². The summed E-state index contributed by atoms with van der Waals surface area (Å²) in [4.78, 5) is 8.23. The minimum absolute atomic E-state index is 0.0817. The molecule has 0 fully saturated rings. The molecule has 0 amide bonds. The second-order valence-electron chi connectivity index (χ2n) is 3.77. The Labute approximate surface area is 103 Å². The van der Waals surface area contributed by atoms with Gasteiger partial charge in [0.25, 0.3) is 0 Å². The molecule has 0 spiro atoms. The molecular formula is C13H9F2N3. The van der Waals surface area contributed by atoms with Crippen molar-refractivity contribution in [2.45, 2.75) is 13.3 Å². The molecule has 0 radical (unpaired) electrons. The summed E-state index contributed by atoms with van der Waals surface area (Å²) >= 11 is 0. The summed E-state index contributed by atoms with van der Waals surface area (Å²) < 4.78 is 26.0. The zero-order valence-electron chi connectivity index (χ0n) is 9.61. The van der Waals surface area contributed by atoms with E-state index in [0.29, 0.717) is 22.8 Å². The largest absolute Gasteiger partial charge is 0.237 e. The summed E-state index contributed by atoms with van der Waals surface area (Å²) in [6.45, 7) is 1.76. The van der Waals surface area contributed by atoms with Crippen LogP contribution in [-0.4, -0.2) is 9.97 Å². The van der Waals surface area contributed by atoms with Gasteiger partial charge in [0.1, 0.15) is 5.82 Å². The van der Waals surface area contributed by atoms with Crippen molar-refractivity contribution >= 4 is 0 Å². The van der Waals surface area contributed by atoms with E-state index >= 15 is 0 Å². The summed E-state index contributed by atoms with van der Waals surface area (Å²) in [6, 6.07) is 7.18. The maximum atomic E-state index is 13.1. The molecule has 90 valence electrons. The Hall–Kier alpha value is -2.35. The number of aryl methyl sites for hydroxylation is 1. The van der Waals surface area contributed by atoms with Crippen LogP contribution in [0.5, 0.6) is 0 Å². The second kappa shape index (κ2) is 4.88. The van der Waals surface area contributed by atoms with Crippen molar-refractivity contribution in [3.8, 4) is 17.3 Å². The molecule has 5 heteroatoms. The van der Waals surface area contributed by atoms with Crippen LogP contribution >= 0.6 is 0 Å². The first-order chi connectivity index (χ1) is 8.60. The Morgan fingerprint density at radius 3 is 2.61 bits per heavy atom. The number of nitriles is 1. The molecule has 0 atom stereocenters. The van der Waals surface area contributed by atoms with Crippen LogP contribution in [0.25, 0.3) is 11.3 Å². The smallest absolute Gasteiger partial charge is 0.159 e. The van der Waals surface area contributed by atoms with Gasteiger partial charge in [-0.3, -0.25) is 0 Å². The number of hydrogen-bond donors (Lipinski definition) is 0. The topological polar surface area (TPSA) is 49.6 Å². The molecule has 0 saturated heterocycles. The maximum Gasteiger partial charge on any atom is 0.159 e. The molecule has 1 heterocycles. The van der Waals surface area contributed by atoms with Crippen molar-refractivity contribution in [1.82, 2.24) is 9.97 Å². The predicted molar refractivity (Wildman–Crippen MR) is 61.4 cm³/mol. The Balaban J connectivity index is 2.50. The van der Waals surface area contributed by atoms with Gasteiger partial charge in [0.2, 0.25) is 0 Å². The summed E-state index contributed by atoms with van der Waals surface area (Å²) in [5, 5.41) is 8.61. The molecule has 0 saturated carbocycles. The Kier molecular flexibility index (Phi) is 3.28. The monoisotopic (exact) mass is 245 g/mol. The molecule has 1 aromatic carbocycles. The number of rotatable bonds is 2. The van der Waals surface area contributed by atoms with Gasteiger partial charge in [0, 0.05) is 11.3 Å². The minimum Gasteiger partial charge on any atom is -0.237 e. The van der Waals surface area contributed by atoms with E-state index in [9.17, 15) is 8.78 Å². The number of benzene rings is 1. The van der Waals surface area contributed by atoms with E-state index in [1.165, 1.54) is 6.07 Å². The molecule has 1 aromatic heterocycles. The van der Waals surface area contributed by atoms with Crippen LogP contribution in [0.1, 0.15) is 11.5 Å². The van der Waals surface area contributed by atoms with Crippen LogP contribution in [-0.2, 0) is 6.42 Å². The highest BCUT2D eigenvalue weighted by Crippen LogP contribution is 2.20. The molecule has 3 nitrogen and oxygen atoms in total. The molecule has 0 bridgehead atoms. The van der Waals surface area contributed by atoms with Crippen LogP contribution in [0, 0.1) is 29.9 Å². The van der Waals surface area contributed by atoms with Crippen molar-refractivity contribution in [2.75, 3.05) is 0 Å². The molecule has 0 aliphatic heterocycles. The van der Waals surface area contributed by atoms with Gasteiger partial charge in [0.05, 0.1) is 18.2 Å². The SMILES string of the molecule is Cc1cc(-c2ccc(F)c(F)c2)nc(CC#N)n1. The molecule has 0 N–H and O–H groups in total. The quantitative estimate of drug-likeness (QED) is 0.817. The van der Waals surface area contributed by atoms with E-state index in [1.807, 2.05) is 6.07 Å². The zero-order valence-corrected chi connectivity index (χ0v) is 9.61. The minimum atomic E-state index is -0.925. The first-order valence-electron chi connectivity index (χ1n) is 5.27. The molecule has 2 aromatic rings. The maximum absolute atomic E-state index is 13.1. The van der Waals surface area contributed by atoms with Gasteiger partial charge in [-0.1, -0.05) is 0 Å². The average molecular weight is 245 g/mol. The van der Waals surface area contributed by atoms with Crippen molar-refractivity contribution in [3.63, 3.8) is 0 Å². The molecule has 0 aliphatic rings. The van der Waals surface area contributed by atoms with Crippen LogP contribution in [0.15, 0.2) is 24.3 Å². The van der Waals surface area contributed by atoms with Crippen LogP contribution in [0.2, 0.25) is 0 Å². The van der Waals surface area contributed by atoms with Crippen molar-refractivity contribution in [3.05, 3.63) is 47.4 Å². The predicted octanol–water partition coefficient (Wildman–Crippen LogP) is 2.80. The summed E-state index contributed by atoms with van der Waals surface area (Å²) in [5.74, 6) is -1.45. The van der Waals surface area contributed by atoms with E-state index < -0.39 is 11.6 Å². The van der Waals surface area contributed by atoms with Gasteiger partial charge >= 0.3 is 0 Å². The number of nitrogens with zero attached hydrogens (tertiary/aromatic N) is 3. The highest BCUT2D eigenvalue weighted by atomic mass is 19.2. The van der Waals surface area contributed by atoms with Gasteiger partial charge in [-0.25, -0.2) is 18.7 Å². The van der Waals surface area contributed by atoms with Crippen LogP contribution < -0.4 is 0 Å². The Bertz CT molecular complexity index is 633. The highest BCUT2D eigenvalue weighted by molar-refractivity contribution is 5.59. The number of halogens is 2. The lowest BCUT2D eigenvalue weighted by atomic mass is 10.1. The summed E-state index contributed by atoms with van der Waals surface area (Å²) in [7, 11) is 0. The first kappa shape index (κ1) is 12.1. The number of hydrogen-bond acceptors (Lipinski definition) is 3. The molecule has 2 rings (SSSR count). The van der Waals surface area contributed by atoms with Gasteiger partial charge in [-0.15, -0.1) is 0 Å². The van der Waals surface area contributed by atoms with Crippen molar-refractivity contribution in [1.29, 1.82) is 5.26 Å². The third-order valence-electron chi connectivity index (χ3n) is 2.35. The van der Waals surface area contributed by atoms with E-state index in [4.69, 9.17) is 5.26 Å². The molecular weight excluding hydrogens is 236 g/mol. The molecule has 0 unspecified atom stereocenters. The summed E-state index contributed by atoms with van der Waals surface area (Å²) in [5.41, 5.74) is 1.61. The number of aromatic nitrogens is 2. The standard InChI is InChI=1S/C13H9F2N3/c1-8-6-12(18-13(17-8)4-5-16)9-2-3-10(14)11(15)7-9/h2-3,6-7H,4H2,1H3. The van der Waals surface area contributed by atoms with Gasteiger partial charge in [-0.05, 0) is 31.2 Å².